The summed E-state index contributed by atoms with van der Waals surface area (Å²) in [4.78, 5) is 0. The van der Waals surface area contributed by atoms with Crippen molar-refractivity contribution in [2.45, 2.75) is 19.4 Å². The molecule has 0 fully saturated rings. The highest BCUT2D eigenvalue weighted by Crippen LogP contribution is 2.13. The normalized spacial score (nSPS) is 11.8. The number of methoxy groups -OCH3 is 1. The molecule has 2 heteroatoms. The minimum atomic E-state index is 0.0992. The first kappa shape index (κ1) is 11.6. The van der Waals surface area contributed by atoms with Gasteiger partial charge in [0.1, 0.15) is 5.75 Å². The first-order valence-corrected chi connectivity index (χ1v) is 5.12. The van der Waals surface area contributed by atoms with Crippen molar-refractivity contribution in [2.75, 3.05) is 13.7 Å². The molecule has 80 valence electrons. The molecule has 0 aliphatic carbocycles. The SMILES string of the molecule is C#CC(Cc1cccc(OC)c1)NCC. The second kappa shape index (κ2) is 6.10. The molecule has 0 saturated carbocycles. The molecule has 0 spiro atoms. The molecule has 0 radical (unpaired) electrons. The Bertz CT molecular complexity index is 341. The van der Waals surface area contributed by atoms with Gasteiger partial charge in [-0.25, -0.2) is 0 Å². The van der Waals surface area contributed by atoms with Crippen molar-refractivity contribution < 1.29 is 4.74 Å². The monoisotopic (exact) mass is 203 g/mol. The number of benzene rings is 1. The highest BCUT2D eigenvalue weighted by atomic mass is 16.5. The molecule has 1 rings (SSSR count). The number of terminal acetylenes is 1. The zero-order chi connectivity index (χ0) is 11.1. The Hall–Kier alpha value is -1.46. The largest absolute Gasteiger partial charge is 0.497 e. The van der Waals surface area contributed by atoms with E-state index in [1.165, 1.54) is 5.56 Å². The van der Waals surface area contributed by atoms with Gasteiger partial charge in [-0.05, 0) is 30.7 Å². The van der Waals surface area contributed by atoms with E-state index in [-0.39, 0.29) is 6.04 Å². The summed E-state index contributed by atoms with van der Waals surface area (Å²) in [5.74, 6) is 3.61. The average Bonchev–Trinajstić information content (AvgIpc) is 2.29. The minimum absolute atomic E-state index is 0.0992. The summed E-state index contributed by atoms with van der Waals surface area (Å²) >= 11 is 0. The molecule has 15 heavy (non-hydrogen) atoms. The van der Waals surface area contributed by atoms with E-state index in [9.17, 15) is 0 Å². The molecule has 0 saturated heterocycles. The fourth-order valence-electron chi connectivity index (χ4n) is 1.47. The number of nitrogens with one attached hydrogen (secondary N) is 1. The van der Waals surface area contributed by atoms with Gasteiger partial charge in [-0.2, -0.15) is 0 Å². The second-order valence-electron chi connectivity index (χ2n) is 3.33. The van der Waals surface area contributed by atoms with Crippen molar-refractivity contribution in [3.63, 3.8) is 0 Å². The number of hydrogen-bond donors (Lipinski definition) is 1. The van der Waals surface area contributed by atoms with Crippen LogP contribution in [-0.4, -0.2) is 19.7 Å². The molecule has 0 amide bonds. The van der Waals surface area contributed by atoms with E-state index in [1.807, 2.05) is 18.2 Å². The summed E-state index contributed by atoms with van der Waals surface area (Å²) in [6, 6.07) is 8.09. The van der Waals surface area contributed by atoms with Gasteiger partial charge < -0.3 is 10.1 Å². The molecule has 1 aromatic carbocycles. The molecule has 1 atom stereocenters. The van der Waals surface area contributed by atoms with Crippen LogP contribution in [0.25, 0.3) is 0 Å². The summed E-state index contributed by atoms with van der Waals surface area (Å²) in [7, 11) is 1.67. The number of ether oxygens (including phenoxy) is 1. The van der Waals surface area contributed by atoms with Gasteiger partial charge in [0.15, 0.2) is 0 Å². The molecule has 0 heterocycles. The lowest BCUT2D eigenvalue weighted by molar-refractivity contribution is 0.414. The average molecular weight is 203 g/mol. The van der Waals surface area contributed by atoms with E-state index in [4.69, 9.17) is 11.2 Å². The van der Waals surface area contributed by atoms with E-state index in [0.29, 0.717) is 0 Å². The van der Waals surface area contributed by atoms with Gasteiger partial charge in [0.25, 0.3) is 0 Å². The standard InChI is InChI=1S/C13H17NO/c1-4-12(14-5-2)9-11-7-6-8-13(10-11)15-3/h1,6-8,10,12,14H,5,9H2,2-3H3. The Morgan fingerprint density at radius 3 is 2.93 bits per heavy atom. The number of rotatable bonds is 5. The molecule has 0 bridgehead atoms. The third kappa shape index (κ3) is 3.65. The van der Waals surface area contributed by atoms with Crippen LogP contribution in [0.3, 0.4) is 0 Å². The van der Waals surface area contributed by atoms with Gasteiger partial charge in [-0.1, -0.05) is 25.0 Å². The Balaban J connectivity index is 2.66. The summed E-state index contributed by atoms with van der Waals surface area (Å²) in [5.41, 5.74) is 1.19. The molecule has 1 N–H and O–H groups in total. The summed E-state index contributed by atoms with van der Waals surface area (Å²) in [6.07, 6.45) is 6.27. The highest BCUT2D eigenvalue weighted by molar-refractivity contribution is 5.29. The molecular weight excluding hydrogens is 186 g/mol. The predicted octanol–water partition coefficient (Wildman–Crippen LogP) is 1.85. The molecule has 2 nitrogen and oxygen atoms in total. The van der Waals surface area contributed by atoms with Crippen molar-refractivity contribution >= 4 is 0 Å². The van der Waals surface area contributed by atoms with Crippen LogP contribution < -0.4 is 10.1 Å². The molecule has 1 aromatic rings. The third-order valence-corrected chi connectivity index (χ3v) is 2.23. The molecule has 1 unspecified atom stereocenters. The highest BCUT2D eigenvalue weighted by Gasteiger charge is 2.04. The van der Waals surface area contributed by atoms with Crippen LogP contribution in [0.4, 0.5) is 0 Å². The Morgan fingerprint density at radius 1 is 1.53 bits per heavy atom. The van der Waals surface area contributed by atoms with Crippen LogP contribution in [-0.2, 0) is 6.42 Å². The maximum atomic E-state index is 5.43. The van der Waals surface area contributed by atoms with Gasteiger partial charge in [-0.3, -0.25) is 0 Å². The maximum Gasteiger partial charge on any atom is 0.119 e. The fraction of sp³-hybridized carbons (Fsp3) is 0.385. The van der Waals surface area contributed by atoms with Crippen molar-refractivity contribution in [2.24, 2.45) is 0 Å². The molecular formula is C13H17NO. The van der Waals surface area contributed by atoms with Crippen LogP contribution in [0.1, 0.15) is 12.5 Å². The van der Waals surface area contributed by atoms with E-state index < -0.39 is 0 Å². The summed E-state index contributed by atoms with van der Waals surface area (Å²) < 4.78 is 5.16. The zero-order valence-electron chi connectivity index (χ0n) is 9.29. The fourth-order valence-corrected chi connectivity index (χ4v) is 1.47. The van der Waals surface area contributed by atoms with Gasteiger partial charge in [-0.15, -0.1) is 6.42 Å². The maximum absolute atomic E-state index is 5.43. The molecule has 0 aromatic heterocycles. The van der Waals surface area contributed by atoms with Crippen LogP contribution in [0, 0.1) is 12.3 Å². The van der Waals surface area contributed by atoms with Crippen molar-refractivity contribution in [3.05, 3.63) is 29.8 Å². The number of likely N-dealkylation sites (N-methyl/N-ethyl adjacent to an activating group) is 1. The Kier molecular flexibility index (Phi) is 4.73. The van der Waals surface area contributed by atoms with Crippen molar-refractivity contribution in [3.8, 4) is 18.1 Å². The van der Waals surface area contributed by atoms with Crippen LogP contribution in [0.2, 0.25) is 0 Å². The Labute approximate surface area is 91.6 Å². The van der Waals surface area contributed by atoms with E-state index in [0.717, 1.165) is 18.7 Å². The third-order valence-electron chi connectivity index (χ3n) is 2.23. The quantitative estimate of drug-likeness (QED) is 0.737. The van der Waals surface area contributed by atoms with E-state index in [1.54, 1.807) is 7.11 Å². The Morgan fingerprint density at radius 2 is 2.33 bits per heavy atom. The van der Waals surface area contributed by atoms with Crippen molar-refractivity contribution in [1.29, 1.82) is 0 Å². The lowest BCUT2D eigenvalue weighted by Crippen LogP contribution is -2.29. The van der Waals surface area contributed by atoms with Gasteiger partial charge in [0.2, 0.25) is 0 Å². The minimum Gasteiger partial charge on any atom is -0.497 e. The lowest BCUT2D eigenvalue weighted by Gasteiger charge is -2.11. The molecule has 0 aliphatic rings. The predicted molar refractivity (Wildman–Crippen MR) is 63.0 cm³/mol. The molecule has 0 aliphatic heterocycles. The topological polar surface area (TPSA) is 21.3 Å². The van der Waals surface area contributed by atoms with Gasteiger partial charge >= 0.3 is 0 Å². The zero-order valence-corrected chi connectivity index (χ0v) is 9.29. The summed E-state index contributed by atoms with van der Waals surface area (Å²) in [5, 5.41) is 3.24. The van der Waals surface area contributed by atoms with Gasteiger partial charge in [0, 0.05) is 0 Å². The first-order chi connectivity index (χ1) is 7.30. The summed E-state index contributed by atoms with van der Waals surface area (Å²) in [6.45, 7) is 2.94. The van der Waals surface area contributed by atoms with Gasteiger partial charge in [0.05, 0.1) is 13.2 Å². The van der Waals surface area contributed by atoms with E-state index >= 15 is 0 Å². The van der Waals surface area contributed by atoms with E-state index in [2.05, 4.69) is 24.2 Å². The number of hydrogen-bond acceptors (Lipinski definition) is 2. The lowest BCUT2D eigenvalue weighted by atomic mass is 10.1. The van der Waals surface area contributed by atoms with Crippen LogP contribution in [0.5, 0.6) is 5.75 Å². The second-order valence-corrected chi connectivity index (χ2v) is 3.33. The van der Waals surface area contributed by atoms with Crippen molar-refractivity contribution in [1.82, 2.24) is 5.32 Å². The smallest absolute Gasteiger partial charge is 0.119 e. The van der Waals surface area contributed by atoms with Crippen LogP contribution in [0.15, 0.2) is 24.3 Å². The van der Waals surface area contributed by atoms with Crippen LogP contribution >= 0.6 is 0 Å². The first-order valence-electron chi connectivity index (χ1n) is 5.12.